The Labute approximate surface area is 86.2 Å². The molecule has 0 aromatic rings. The minimum absolute atomic E-state index is 0.115. The second kappa shape index (κ2) is 6.06. The van der Waals surface area contributed by atoms with Crippen molar-refractivity contribution in [3.8, 4) is 0 Å². The van der Waals surface area contributed by atoms with Crippen LogP contribution in [0.25, 0.3) is 0 Å². The molecule has 1 amide bonds. The Balaban J connectivity index is 4.29. The van der Waals surface area contributed by atoms with E-state index in [0.717, 1.165) is 6.08 Å². The molecule has 0 saturated heterocycles. The molecule has 0 heterocycles. The van der Waals surface area contributed by atoms with Crippen LogP contribution < -0.4 is 5.32 Å². The number of rotatable bonds is 4. The van der Waals surface area contributed by atoms with Crippen LogP contribution in [0.1, 0.15) is 6.92 Å². The van der Waals surface area contributed by atoms with E-state index >= 15 is 0 Å². The van der Waals surface area contributed by atoms with Crippen molar-refractivity contribution in [2.24, 2.45) is 0 Å². The summed E-state index contributed by atoms with van der Waals surface area (Å²) in [4.78, 5) is 10.5. The molecule has 0 atom stereocenters. The van der Waals surface area contributed by atoms with Crippen LogP contribution >= 0.6 is 0 Å². The summed E-state index contributed by atoms with van der Waals surface area (Å²) in [5, 5.41) is 2.45. The molecule has 0 saturated carbocycles. The highest BCUT2D eigenvalue weighted by molar-refractivity contribution is 5.73. The Kier molecular flexibility index (Phi) is 5.44. The Morgan fingerprint density at radius 2 is 2.07 bits per heavy atom. The number of alkyl halides is 3. The molecule has 0 aromatic carbocycles. The second-order valence-corrected chi connectivity index (χ2v) is 2.76. The number of amides is 1. The van der Waals surface area contributed by atoms with Crippen molar-refractivity contribution in [1.82, 2.24) is 5.32 Å². The maximum absolute atomic E-state index is 11.7. The Morgan fingerprint density at radius 3 is 2.47 bits per heavy atom. The van der Waals surface area contributed by atoms with E-state index in [9.17, 15) is 18.0 Å². The van der Waals surface area contributed by atoms with Gasteiger partial charge in [0.25, 0.3) is 0 Å². The molecule has 0 unspecified atom stereocenters. The van der Waals surface area contributed by atoms with Gasteiger partial charge in [-0.3, -0.25) is 4.79 Å². The van der Waals surface area contributed by atoms with E-state index in [-0.39, 0.29) is 18.5 Å². The number of carbonyl (C=O) groups is 1. The van der Waals surface area contributed by atoms with Crippen LogP contribution in [0.4, 0.5) is 13.2 Å². The van der Waals surface area contributed by atoms with Crippen molar-refractivity contribution in [2.45, 2.75) is 13.1 Å². The fourth-order valence-electron chi connectivity index (χ4n) is 0.706. The van der Waals surface area contributed by atoms with Crippen LogP contribution in [-0.4, -0.2) is 18.6 Å². The number of carbonyl (C=O) groups excluding carboxylic acids is 1. The van der Waals surface area contributed by atoms with Crippen molar-refractivity contribution >= 4 is 5.91 Å². The molecule has 0 bridgehead atoms. The average molecular weight is 219 g/mol. The largest absolute Gasteiger partial charge is 0.409 e. The van der Waals surface area contributed by atoms with Gasteiger partial charge in [-0.1, -0.05) is 24.8 Å². The van der Waals surface area contributed by atoms with Gasteiger partial charge in [0, 0.05) is 19.5 Å². The number of hydrogen-bond acceptors (Lipinski definition) is 1. The lowest BCUT2D eigenvalue weighted by Gasteiger charge is -2.01. The molecule has 0 radical (unpaired) electrons. The van der Waals surface area contributed by atoms with E-state index in [1.54, 1.807) is 0 Å². The summed E-state index contributed by atoms with van der Waals surface area (Å²) in [6.45, 7) is 4.91. The van der Waals surface area contributed by atoms with Crippen molar-refractivity contribution in [1.29, 1.82) is 0 Å². The highest BCUT2D eigenvalue weighted by Gasteiger charge is 2.21. The summed E-state index contributed by atoms with van der Waals surface area (Å²) in [5.74, 6) is -0.248. The summed E-state index contributed by atoms with van der Waals surface area (Å²) in [6, 6.07) is 0. The quantitative estimate of drug-likeness (QED) is 0.722. The number of allylic oxidation sites excluding steroid dienone is 3. The van der Waals surface area contributed by atoms with Crippen molar-refractivity contribution in [2.75, 3.05) is 6.54 Å². The van der Waals surface area contributed by atoms with Crippen molar-refractivity contribution in [3.05, 3.63) is 36.5 Å². The zero-order valence-corrected chi connectivity index (χ0v) is 8.27. The number of halogens is 3. The van der Waals surface area contributed by atoms with Crippen LogP contribution in [-0.2, 0) is 4.79 Å². The van der Waals surface area contributed by atoms with Crippen LogP contribution in [0.5, 0.6) is 0 Å². The molecule has 0 aliphatic carbocycles. The normalized spacial score (nSPS) is 12.9. The van der Waals surface area contributed by atoms with E-state index in [1.165, 1.54) is 19.1 Å². The molecule has 84 valence electrons. The molecular formula is C10H12F3NO. The van der Waals surface area contributed by atoms with Crippen LogP contribution in [0.2, 0.25) is 0 Å². The predicted octanol–water partition coefficient (Wildman–Crippen LogP) is 2.35. The van der Waals surface area contributed by atoms with Crippen LogP contribution in [0.15, 0.2) is 36.5 Å². The minimum atomic E-state index is -4.32. The monoisotopic (exact) mass is 219 g/mol. The first-order chi connectivity index (χ1) is 6.85. The van der Waals surface area contributed by atoms with Crippen molar-refractivity contribution in [3.63, 3.8) is 0 Å². The highest BCUT2D eigenvalue weighted by atomic mass is 19.4. The van der Waals surface area contributed by atoms with Gasteiger partial charge in [0.1, 0.15) is 0 Å². The highest BCUT2D eigenvalue weighted by Crippen LogP contribution is 2.15. The summed E-state index contributed by atoms with van der Waals surface area (Å²) < 4.78 is 35.1. The lowest BCUT2D eigenvalue weighted by atomic mass is 10.2. The zero-order chi connectivity index (χ0) is 11.9. The van der Waals surface area contributed by atoms with Gasteiger partial charge < -0.3 is 5.32 Å². The first-order valence-electron chi connectivity index (χ1n) is 4.17. The molecule has 0 spiro atoms. The third-order valence-corrected chi connectivity index (χ3v) is 1.40. The summed E-state index contributed by atoms with van der Waals surface area (Å²) in [6.07, 6.45) is -0.701. The van der Waals surface area contributed by atoms with Gasteiger partial charge in [-0.25, -0.2) is 0 Å². The lowest BCUT2D eigenvalue weighted by Crippen LogP contribution is -2.21. The Bertz CT molecular complexity index is 290. The van der Waals surface area contributed by atoms with E-state index in [4.69, 9.17) is 0 Å². The average Bonchev–Trinajstić information content (AvgIpc) is 2.08. The summed E-state index contributed by atoms with van der Waals surface area (Å²) in [5.41, 5.74) is 0.505. The standard InChI is InChI=1S/C10H12F3NO/c1-3-9(7-14-8(2)15)5-4-6-10(11,12)13/h3-6H,1,7H2,2H3,(H,14,15)/b6-4+,9-5+. The zero-order valence-electron chi connectivity index (χ0n) is 8.27. The molecule has 2 nitrogen and oxygen atoms in total. The number of nitrogens with one attached hydrogen (secondary N) is 1. The Hall–Kier alpha value is -1.52. The lowest BCUT2D eigenvalue weighted by molar-refractivity contribution is -0.118. The SMILES string of the molecule is C=C/C(=C\C=C\C(F)(F)F)CNC(C)=O. The maximum atomic E-state index is 11.7. The van der Waals surface area contributed by atoms with E-state index < -0.39 is 6.18 Å². The first-order valence-corrected chi connectivity index (χ1v) is 4.17. The van der Waals surface area contributed by atoms with E-state index in [1.807, 2.05) is 0 Å². The third kappa shape index (κ3) is 8.80. The molecule has 15 heavy (non-hydrogen) atoms. The molecule has 0 aliphatic heterocycles. The van der Waals surface area contributed by atoms with Gasteiger partial charge in [0.2, 0.25) is 5.91 Å². The molecule has 0 rings (SSSR count). The number of hydrogen-bond donors (Lipinski definition) is 1. The maximum Gasteiger partial charge on any atom is 0.409 e. The smallest absolute Gasteiger partial charge is 0.352 e. The molecule has 1 N–H and O–H groups in total. The van der Waals surface area contributed by atoms with Crippen molar-refractivity contribution < 1.29 is 18.0 Å². The van der Waals surface area contributed by atoms with E-state index in [2.05, 4.69) is 11.9 Å². The summed E-state index contributed by atoms with van der Waals surface area (Å²) >= 11 is 0. The van der Waals surface area contributed by atoms with Crippen LogP contribution in [0, 0.1) is 0 Å². The Morgan fingerprint density at radius 1 is 1.47 bits per heavy atom. The minimum Gasteiger partial charge on any atom is -0.352 e. The predicted molar refractivity (Wildman–Crippen MR) is 52.2 cm³/mol. The second-order valence-electron chi connectivity index (χ2n) is 2.76. The molecule has 5 heteroatoms. The molecular weight excluding hydrogens is 207 g/mol. The van der Waals surface area contributed by atoms with Gasteiger partial charge in [0.05, 0.1) is 0 Å². The summed E-state index contributed by atoms with van der Waals surface area (Å²) in [7, 11) is 0. The van der Waals surface area contributed by atoms with Crippen LogP contribution in [0.3, 0.4) is 0 Å². The van der Waals surface area contributed by atoms with Gasteiger partial charge in [-0.2, -0.15) is 13.2 Å². The fourth-order valence-corrected chi connectivity index (χ4v) is 0.706. The molecule has 0 aliphatic rings. The fraction of sp³-hybridized carbons (Fsp3) is 0.300. The molecule has 0 fully saturated rings. The molecule has 0 aromatic heterocycles. The van der Waals surface area contributed by atoms with Gasteiger partial charge in [-0.05, 0) is 5.57 Å². The first kappa shape index (κ1) is 13.5. The third-order valence-electron chi connectivity index (χ3n) is 1.40. The van der Waals surface area contributed by atoms with E-state index in [0.29, 0.717) is 5.57 Å². The van der Waals surface area contributed by atoms with Gasteiger partial charge in [-0.15, -0.1) is 0 Å². The topological polar surface area (TPSA) is 29.1 Å². The van der Waals surface area contributed by atoms with Gasteiger partial charge >= 0.3 is 6.18 Å². The van der Waals surface area contributed by atoms with Gasteiger partial charge in [0.15, 0.2) is 0 Å².